The van der Waals surface area contributed by atoms with Crippen molar-refractivity contribution in [2.45, 2.75) is 6.54 Å². The molecule has 0 saturated heterocycles. The fraction of sp³-hybridized carbons (Fsp3) is 0.0500. The van der Waals surface area contributed by atoms with Gasteiger partial charge in [-0.3, -0.25) is 0 Å². The van der Waals surface area contributed by atoms with Crippen molar-refractivity contribution in [2.24, 2.45) is 0 Å². The molecule has 5 heteroatoms. The van der Waals surface area contributed by atoms with E-state index >= 15 is 0 Å². The molecule has 0 saturated carbocycles. The molecule has 0 aliphatic heterocycles. The number of nitrogens with zero attached hydrogens (tertiary/aromatic N) is 1. The minimum absolute atomic E-state index is 0.562. The van der Waals surface area contributed by atoms with E-state index in [-0.39, 0.29) is 0 Å². The number of benzene rings is 3. The summed E-state index contributed by atoms with van der Waals surface area (Å²) in [6.45, 7) is 0.658. The van der Waals surface area contributed by atoms with Crippen molar-refractivity contribution in [3.8, 4) is 0 Å². The van der Waals surface area contributed by atoms with Crippen LogP contribution < -0.4 is 10.2 Å². The zero-order valence-electron chi connectivity index (χ0n) is 13.3. The van der Waals surface area contributed by atoms with Gasteiger partial charge in [-0.1, -0.05) is 71.7 Å². The Morgan fingerprint density at radius 3 is 2.00 bits per heavy atom. The van der Waals surface area contributed by atoms with Crippen molar-refractivity contribution < 1.29 is 0 Å². The minimum Gasteiger partial charge on any atom is -0.332 e. The maximum atomic E-state index is 6.08. The molecule has 0 aliphatic rings. The maximum absolute atomic E-state index is 6.08. The monoisotopic (exact) mass is 386 g/mol. The molecule has 0 bridgehead atoms. The summed E-state index contributed by atoms with van der Waals surface area (Å²) in [4.78, 5) is 2.04. The van der Waals surface area contributed by atoms with E-state index in [2.05, 4.69) is 17.4 Å². The van der Waals surface area contributed by atoms with Crippen LogP contribution in [-0.4, -0.2) is 5.11 Å². The second-order valence-corrected chi connectivity index (χ2v) is 6.76. The largest absolute Gasteiger partial charge is 0.332 e. The Balaban J connectivity index is 1.86. The van der Waals surface area contributed by atoms with Gasteiger partial charge in [0.2, 0.25) is 0 Å². The number of hydrogen-bond acceptors (Lipinski definition) is 1. The van der Waals surface area contributed by atoms with Gasteiger partial charge in [0.1, 0.15) is 0 Å². The van der Waals surface area contributed by atoms with Crippen molar-refractivity contribution in [3.05, 3.63) is 94.5 Å². The predicted molar refractivity (Wildman–Crippen MR) is 112 cm³/mol. The van der Waals surface area contributed by atoms with E-state index in [1.54, 1.807) is 18.2 Å². The second kappa shape index (κ2) is 8.34. The Morgan fingerprint density at radius 2 is 1.40 bits per heavy atom. The number of halogens is 2. The summed E-state index contributed by atoms with van der Waals surface area (Å²) in [7, 11) is 0. The molecule has 0 unspecified atom stereocenters. The van der Waals surface area contributed by atoms with Gasteiger partial charge >= 0.3 is 0 Å². The van der Waals surface area contributed by atoms with Crippen LogP contribution in [0, 0.1) is 0 Å². The molecule has 0 fully saturated rings. The highest BCUT2D eigenvalue weighted by Crippen LogP contribution is 2.24. The van der Waals surface area contributed by atoms with Crippen molar-refractivity contribution >= 4 is 51.9 Å². The van der Waals surface area contributed by atoms with Crippen LogP contribution in [-0.2, 0) is 6.54 Å². The molecular weight excluding hydrogens is 371 g/mol. The lowest BCUT2D eigenvalue weighted by Crippen LogP contribution is -2.34. The molecule has 126 valence electrons. The van der Waals surface area contributed by atoms with E-state index in [1.165, 1.54) is 5.56 Å². The van der Waals surface area contributed by atoms with Crippen LogP contribution >= 0.6 is 35.4 Å². The minimum atomic E-state index is 0.562. The molecule has 0 aliphatic carbocycles. The summed E-state index contributed by atoms with van der Waals surface area (Å²) in [6, 6.07) is 25.5. The summed E-state index contributed by atoms with van der Waals surface area (Å²) < 4.78 is 0. The molecule has 0 spiro atoms. The maximum Gasteiger partial charge on any atom is 0.178 e. The number of thiocarbonyl (C=S) groups is 1. The first kappa shape index (κ1) is 17.7. The Labute approximate surface area is 163 Å². The van der Waals surface area contributed by atoms with E-state index in [0.717, 1.165) is 11.4 Å². The molecule has 0 heterocycles. The van der Waals surface area contributed by atoms with Crippen LogP contribution in [0.1, 0.15) is 5.56 Å². The summed E-state index contributed by atoms with van der Waals surface area (Å²) in [5, 5.41) is 4.93. The van der Waals surface area contributed by atoms with Gasteiger partial charge in [-0.05, 0) is 48.1 Å². The standard InChI is InChI=1S/C20H16Cl2N2S/c21-16-11-17(22)13-18(12-16)23-20(25)24(19-9-5-2-6-10-19)14-15-7-3-1-4-8-15/h1-13H,14H2,(H,23,25). The third-order valence-electron chi connectivity index (χ3n) is 3.61. The van der Waals surface area contributed by atoms with Gasteiger partial charge < -0.3 is 10.2 Å². The first-order chi connectivity index (χ1) is 12.1. The lowest BCUT2D eigenvalue weighted by molar-refractivity contribution is 1.01. The lowest BCUT2D eigenvalue weighted by Gasteiger charge is -2.26. The molecule has 1 N–H and O–H groups in total. The van der Waals surface area contributed by atoms with Crippen LogP contribution in [0.5, 0.6) is 0 Å². The van der Waals surface area contributed by atoms with Crippen LogP contribution in [0.15, 0.2) is 78.9 Å². The fourth-order valence-corrected chi connectivity index (χ4v) is 3.29. The first-order valence-corrected chi connectivity index (χ1v) is 8.92. The normalized spacial score (nSPS) is 10.3. The van der Waals surface area contributed by atoms with Gasteiger partial charge in [0, 0.05) is 21.4 Å². The van der Waals surface area contributed by atoms with Crippen molar-refractivity contribution in [2.75, 3.05) is 10.2 Å². The molecule has 0 amide bonds. The molecule has 0 radical (unpaired) electrons. The van der Waals surface area contributed by atoms with E-state index in [1.807, 2.05) is 53.4 Å². The van der Waals surface area contributed by atoms with Gasteiger partial charge in [0.05, 0.1) is 6.54 Å². The summed E-state index contributed by atoms with van der Waals surface area (Å²) in [5.74, 6) is 0. The van der Waals surface area contributed by atoms with Gasteiger partial charge in [0.25, 0.3) is 0 Å². The van der Waals surface area contributed by atoms with Crippen molar-refractivity contribution in [3.63, 3.8) is 0 Å². The van der Waals surface area contributed by atoms with Gasteiger partial charge in [-0.2, -0.15) is 0 Å². The Hall–Kier alpha value is -2.07. The number of para-hydroxylation sites is 1. The average Bonchev–Trinajstić information content (AvgIpc) is 2.60. The van der Waals surface area contributed by atoms with Crippen LogP contribution in [0.3, 0.4) is 0 Å². The van der Waals surface area contributed by atoms with Gasteiger partial charge in [-0.15, -0.1) is 0 Å². The smallest absolute Gasteiger partial charge is 0.178 e. The zero-order valence-corrected chi connectivity index (χ0v) is 15.7. The Morgan fingerprint density at radius 1 is 0.840 bits per heavy atom. The molecular formula is C20H16Cl2N2S. The summed E-state index contributed by atoms with van der Waals surface area (Å²) in [6.07, 6.45) is 0. The summed E-state index contributed by atoms with van der Waals surface area (Å²) >= 11 is 17.8. The highest BCUT2D eigenvalue weighted by atomic mass is 35.5. The summed E-state index contributed by atoms with van der Waals surface area (Å²) in [5.41, 5.74) is 2.94. The second-order valence-electron chi connectivity index (χ2n) is 5.50. The quantitative estimate of drug-likeness (QED) is 0.522. The molecule has 3 aromatic carbocycles. The molecule has 0 atom stereocenters. The zero-order chi connectivity index (χ0) is 17.6. The van der Waals surface area contributed by atoms with Crippen molar-refractivity contribution in [1.29, 1.82) is 0 Å². The van der Waals surface area contributed by atoms with Crippen LogP contribution in [0.25, 0.3) is 0 Å². The predicted octanol–water partition coefficient (Wildman–Crippen LogP) is 6.40. The SMILES string of the molecule is S=C(Nc1cc(Cl)cc(Cl)c1)N(Cc1ccccc1)c1ccccc1. The molecule has 3 rings (SSSR count). The molecule has 2 nitrogen and oxygen atoms in total. The molecule has 3 aromatic rings. The Bertz CT molecular complexity index is 834. The van der Waals surface area contributed by atoms with E-state index in [9.17, 15) is 0 Å². The number of hydrogen-bond donors (Lipinski definition) is 1. The molecule has 25 heavy (non-hydrogen) atoms. The van der Waals surface area contributed by atoms with Crippen LogP contribution in [0.4, 0.5) is 11.4 Å². The van der Waals surface area contributed by atoms with E-state index < -0.39 is 0 Å². The number of anilines is 2. The fourth-order valence-electron chi connectivity index (χ4n) is 2.47. The third kappa shape index (κ3) is 4.95. The third-order valence-corrected chi connectivity index (χ3v) is 4.37. The molecule has 0 aromatic heterocycles. The number of rotatable bonds is 4. The van der Waals surface area contributed by atoms with Gasteiger partial charge in [0.15, 0.2) is 5.11 Å². The van der Waals surface area contributed by atoms with Gasteiger partial charge in [-0.25, -0.2) is 0 Å². The van der Waals surface area contributed by atoms with Crippen LogP contribution in [0.2, 0.25) is 10.0 Å². The average molecular weight is 387 g/mol. The Kier molecular flexibility index (Phi) is 5.92. The number of nitrogens with one attached hydrogen (secondary N) is 1. The van der Waals surface area contributed by atoms with E-state index in [0.29, 0.717) is 21.7 Å². The first-order valence-electron chi connectivity index (χ1n) is 7.75. The van der Waals surface area contributed by atoms with E-state index in [4.69, 9.17) is 35.4 Å². The lowest BCUT2D eigenvalue weighted by atomic mass is 10.2. The highest BCUT2D eigenvalue weighted by molar-refractivity contribution is 7.80. The van der Waals surface area contributed by atoms with Crippen molar-refractivity contribution in [1.82, 2.24) is 0 Å². The highest BCUT2D eigenvalue weighted by Gasteiger charge is 2.13. The topological polar surface area (TPSA) is 15.3 Å².